The van der Waals surface area contributed by atoms with Crippen molar-refractivity contribution in [1.29, 1.82) is 0 Å². The number of hydrogen-bond donors (Lipinski definition) is 0. The number of thioether (sulfide) groups is 1. The summed E-state index contributed by atoms with van der Waals surface area (Å²) >= 11 is 3.38. The van der Waals surface area contributed by atoms with Crippen LogP contribution < -0.4 is 16.1 Å². The van der Waals surface area contributed by atoms with Crippen molar-refractivity contribution in [3.05, 3.63) is 45.1 Å². The van der Waals surface area contributed by atoms with Crippen LogP contribution in [0.4, 0.5) is 5.95 Å². The van der Waals surface area contributed by atoms with Gasteiger partial charge in [0.25, 0.3) is 5.56 Å². The predicted molar refractivity (Wildman–Crippen MR) is 136 cm³/mol. The topological polar surface area (TPSA) is 78.0 Å². The van der Waals surface area contributed by atoms with Crippen molar-refractivity contribution in [2.75, 3.05) is 23.7 Å². The first-order valence-electron chi connectivity index (χ1n) is 11.2. The van der Waals surface area contributed by atoms with E-state index in [9.17, 15) is 9.59 Å². The number of para-hydroxylation sites is 1. The first-order valence-corrected chi connectivity index (χ1v) is 13.0. The monoisotopic (exact) mass is 484 g/mol. The maximum atomic E-state index is 13.2. The number of hydrogen-bond acceptors (Lipinski definition) is 7. The highest BCUT2D eigenvalue weighted by atomic mass is 32.2. The number of aromatic nitrogens is 5. The van der Waals surface area contributed by atoms with Crippen LogP contribution in [-0.4, -0.2) is 42.5 Å². The fourth-order valence-corrected chi connectivity index (χ4v) is 6.91. The van der Waals surface area contributed by atoms with Gasteiger partial charge in [0.1, 0.15) is 0 Å². The zero-order valence-electron chi connectivity index (χ0n) is 19.3. The van der Waals surface area contributed by atoms with Crippen molar-refractivity contribution < 1.29 is 0 Å². The molecule has 4 aromatic rings. The first kappa shape index (κ1) is 22.2. The van der Waals surface area contributed by atoms with E-state index in [-0.39, 0.29) is 11.2 Å². The molecule has 8 nitrogen and oxygen atoms in total. The minimum Gasteiger partial charge on any atom is -0.342 e. The number of aryl methyl sites for hydroxylation is 2. The van der Waals surface area contributed by atoms with Gasteiger partial charge < -0.3 is 9.47 Å². The van der Waals surface area contributed by atoms with Crippen molar-refractivity contribution in [2.45, 2.75) is 31.2 Å². The molecular formula is C23H28N6O2S2. The largest absolute Gasteiger partial charge is 0.342 e. The fourth-order valence-electron chi connectivity index (χ4n) is 4.85. The summed E-state index contributed by atoms with van der Waals surface area (Å²) in [5.74, 6) is 2.63. The molecule has 3 aromatic heterocycles. The molecule has 1 saturated heterocycles. The predicted octanol–water partition coefficient (Wildman–Crippen LogP) is 3.32. The molecule has 0 saturated carbocycles. The molecule has 0 spiro atoms. The number of fused-ring (bicyclic) bond motifs is 2. The standard InChI is InChI=1S/C23H28N6O2S2/c1-14-11-15(2)13-28(12-14)21-25-19-18(20(30)27(4)23(31)26(19)3)29(21)9-10-32-22-24-16-7-5-6-8-17(16)33-22/h5-8,14-15H,9-13H2,1-4H3/t14-,15-/m0/s1. The van der Waals surface area contributed by atoms with Crippen LogP contribution in [0.1, 0.15) is 20.3 Å². The Morgan fingerprint density at radius 3 is 2.52 bits per heavy atom. The molecule has 10 heteroatoms. The van der Waals surface area contributed by atoms with Gasteiger partial charge in [-0.2, -0.15) is 4.98 Å². The third-order valence-corrected chi connectivity index (χ3v) is 8.45. The molecule has 2 atom stereocenters. The fraction of sp³-hybridized carbons (Fsp3) is 0.478. The van der Waals surface area contributed by atoms with E-state index in [1.807, 2.05) is 22.8 Å². The summed E-state index contributed by atoms with van der Waals surface area (Å²) in [7, 11) is 3.21. The molecule has 0 N–H and O–H groups in total. The van der Waals surface area contributed by atoms with Crippen molar-refractivity contribution in [2.24, 2.45) is 25.9 Å². The lowest BCUT2D eigenvalue weighted by Crippen LogP contribution is -2.40. The third kappa shape index (κ3) is 3.99. The highest BCUT2D eigenvalue weighted by Gasteiger charge is 2.28. The molecule has 0 unspecified atom stereocenters. The number of imidazole rings is 1. The molecule has 1 aromatic carbocycles. The Morgan fingerprint density at radius 1 is 1.06 bits per heavy atom. The third-order valence-electron chi connectivity index (χ3n) is 6.29. The minimum atomic E-state index is -0.354. The Kier molecular flexibility index (Phi) is 5.82. The molecule has 0 aliphatic carbocycles. The maximum Gasteiger partial charge on any atom is 0.332 e. The summed E-state index contributed by atoms with van der Waals surface area (Å²) in [6.45, 7) is 6.92. The van der Waals surface area contributed by atoms with Crippen LogP contribution in [0.5, 0.6) is 0 Å². The van der Waals surface area contributed by atoms with E-state index in [0.717, 1.165) is 34.6 Å². The molecule has 0 amide bonds. The van der Waals surface area contributed by atoms with Crippen LogP contribution in [0.15, 0.2) is 38.2 Å². The zero-order valence-corrected chi connectivity index (χ0v) is 20.9. The Bertz CT molecular complexity index is 1410. The average Bonchev–Trinajstić information content (AvgIpc) is 3.37. The lowest BCUT2D eigenvalue weighted by atomic mass is 9.92. The lowest BCUT2D eigenvalue weighted by molar-refractivity contribution is 0.352. The van der Waals surface area contributed by atoms with Gasteiger partial charge in [0.05, 0.1) is 10.2 Å². The first-order chi connectivity index (χ1) is 15.8. The summed E-state index contributed by atoms with van der Waals surface area (Å²) in [4.78, 5) is 37.5. The van der Waals surface area contributed by atoms with Crippen molar-refractivity contribution in [3.63, 3.8) is 0 Å². The molecule has 174 valence electrons. The van der Waals surface area contributed by atoms with Gasteiger partial charge in [0.15, 0.2) is 15.5 Å². The van der Waals surface area contributed by atoms with Gasteiger partial charge in [-0.05, 0) is 30.4 Å². The highest BCUT2D eigenvalue weighted by molar-refractivity contribution is 8.01. The van der Waals surface area contributed by atoms with Gasteiger partial charge in [-0.15, -0.1) is 11.3 Å². The summed E-state index contributed by atoms with van der Waals surface area (Å²) in [6, 6.07) is 8.14. The second-order valence-electron chi connectivity index (χ2n) is 9.09. The van der Waals surface area contributed by atoms with Crippen LogP contribution >= 0.6 is 23.1 Å². The van der Waals surface area contributed by atoms with Gasteiger partial charge >= 0.3 is 5.69 Å². The summed E-state index contributed by atoms with van der Waals surface area (Å²) in [5.41, 5.74) is 1.31. The van der Waals surface area contributed by atoms with E-state index < -0.39 is 0 Å². The smallest absolute Gasteiger partial charge is 0.332 e. The molecule has 1 fully saturated rings. The van der Waals surface area contributed by atoms with Gasteiger partial charge in [0, 0.05) is 39.5 Å². The Balaban J connectivity index is 1.53. The van der Waals surface area contributed by atoms with Crippen LogP contribution in [0.2, 0.25) is 0 Å². The highest BCUT2D eigenvalue weighted by Crippen LogP contribution is 2.31. The second-order valence-corrected chi connectivity index (χ2v) is 11.5. The summed E-state index contributed by atoms with van der Waals surface area (Å²) < 4.78 is 6.86. The quantitative estimate of drug-likeness (QED) is 0.405. The molecule has 0 radical (unpaired) electrons. The molecule has 0 bridgehead atoms. The van der Waals surface area contributed by atoms with E-state index in [1.165, 1.54) is 27.3 Å². The number of thiazole rings is 1. The van der Waals surface area contributed by atoms with Crippen LogP contribution in [0.25, 0.3) is 21.4 Å². The Hall–Kier alpha value is -2.59. The number of rotatable bonds is 5. The van der Waals surface area contributed by atoms with Gasteiger partial charge in [-0.3, -0.25) is 13.9 Å². The van der Waals surface area contributed by atoms with E-state index in [0.29, 0.717) is 29.5 Å². The summed E-state index contributed by atoms with van der Waals surface area (Å²) in [5, 5.41) is 0. The average molecular weight is 485 g/mol. The van der Waals surface area contributed by atoms with Gasteiger partial charge in [-0.25, -0.2) is 9.78 Å². The second kappa shape index (κ2) is 8.64. The van der Waals surface area contributed by atoms with Crippen molar-refractivity contribution >= 4 is 50.4 Å². The lowest BCUT2D eigenvalue weighted by Gasteiger charge is -2.35. The zero-order chi connectivity index (χ0) is 23.3. The normalized spacial score (nSPS) is 19.1. The van der Waals surface area contributed by atoms with Crippen molar-refractivity contribution in [1.82, 2.24) is 23.7 Å². The van der Waals surface area contributed by atoms with Crippen LogP contribution in [0.3, 0.4) is 0 Å². The number of anilines is 1. The molecular weight excluding hydrogens is 456 g/mol. The number of piperidine rings is 1. The number of nitrogens with zero attached hydrogens (tertiary/aromatic N) is 6. The van der Waals surface area contributed by atoms with Gasteiger partial charge in [-0.1, -0.05) is 37.7 Å². The van der Waals surface area contributed by atoms with E-state index in [2.05, 4.69) is 24.8 Å². The molecule has 5 rings (SSSR count). The SMILES string of the molecule is C[C@H]1C[C@H](C)CN(c2nc3c(c(=O)n(C)c(=O)n3C)n2CCSc2nc3ccccc3s2)C1. The van der Waals surface area contributed by atoms with Crippen LogP contribution in [-0.2, 0) is 20.6 Å². The van der Waals surface area contributed by atoms with Gasteiger partial charge in [0.2, 0.25) is 5.95 Å². The van der Waals surface area contributed by atoms with E-state index in [4.69, 9.17) is 9.97 Å². The molecule has 1 aliphatic heterocycles. The van der Waals surface area contributed by atoms with E-state index >= 15 is 0 Å². The Morgan fingerprint density at radius 2 is 1.79 bits per heavy atom. The van der Waals surface area contributed by atoms with Crippen LogP contribution in [0, 0.1) is 11.8 Å². The summed E-state index contributed by atoms with van der Waals surface area (Å²) in [6.07, 6.45) is 1.18. The van der Waals surface area contributed by atoms with E-state index in [1.54, 1.807) is 30.1 Å². The number of benzene rings is 1. The molecule has 1 aliphatic rings. The Labute approximate surface area is 199 Å². The maximum absolute atomic E-state index is 13.2. The molecule has 4 heterocycles. The van der Waals surface area contributed by atoms with Crippen molar-refractivity contribution in [3.8, 4) is 0 Å². The molecule has 33 heavy (non-hydrogen) atoms. The minimum absolute atomic E-state index is 0.296.